The van der Waals surface area contributed by atoms with E-state index in [4.69, 9.17) is 19.9 Å². The van der Waals surface area contributed by atoms with Crippen LogP contribution in [-0.4, -0.2) is 132 Å². The molecule has 0 aromatic heterocycles. The Hall–Kier alpha value is -2.82. The zero-order chi connectivity index (χ0) is 40.4. The summed E-state index contributed by atoms with van der Waals surface area (Å²) in [6.45, 7) is 14.4. The van der Waals surface area contributed by atoms with Crippen LogP contribution < -0.4 is 15.8 Å². The van der Waals surface area contributed by atoms with E-state index in [1.807, 2.05) is 39.9 Å². The molecule has 1 aromatic carbocycles. The quantitative estimate of drug-likeness (QED) is 0.124. The van der Waals surface area contributed by atoms with Crippen molar-refractivity contribution in [2.45, 2.75) is 122 Å². The fraction of sp³-hybridized carbons (Fsp3) is 0.763. The van der Waals surface area contributed by atoms with Crippen LogP contribution in [0.1, 0.15) is 74.1 Å². The van der Waals surface area contributed by atoms with Crippen molar-refractivity contribution < 1.29 is 37.0 Å². The molecule has 0 radical (unpaired) electrons. The molecule has 1 fully saturated rings. The Morgan fingerprint density at radius 3 is 2.00 bits per heavy atom. The van der Waals surface area contributed by atoms with Crippen molar-refractivity contribution in [2.24, 2.45) is 23.7 Å². The lowest BCUT2D eigenvalue weighted by atomic mass is 9.89. The number of carbonyl (C=O) groups is 3. The summed E-state index contributed by atoms with van der Waals surface area (Å²) >= 11 is 0. The van der Waals surface area contributed by atoms with E-state index in [2.05, 4.69) is 42.6 Å². The number of nitrogens with zero attached hydrogens (tertiary/aromatic N) is 3. The van der Waals surface area contributed by atoms with Crippen molar-refractivity contribution in [3.05, 3.63) is 24.3 Å². The minimum absolute atomic E-state index is 0.0264. The third kappa shape index (κ3) is 11.8. The molecular formula is C38H68N6O8S. The van der Waals surface area contributed by atoms with Crippen LogP contribution in [0.25, 0.3) is 0 Å². The summed E-state index contributed by atoms with van der Waals surface area (Å²) in [5.41, 5.74) is 6.10. The number of rotatable bonds is 21. The van der Waals surface area contributed by atoms with Crippen LogP contribution in [0.2, 0.25) is 0 Å². The fourth-order valence-electron chi connectivity index (χ4n) is 7.81. The Morgan fingerprint density at radius 2 is 1.53 bits per heavy atom. The highest BCUT2D eigenvalue weighted by molar-refractivity contribution is 7.90. The Morgan fingerprint density at radius 1 is 0.925 bits per heavy atom. The maximum Gasteiger partial charge on any atom is 0.264 e. The second kappa shape index (κ2) is 20.7. The van der Waals surface area contributed by atoms with Gasteiger partial charge in [-0.3, -0.25) is 24.2 Å². The van der Waals surface area contributed by atoms with E-state index in [0.29, 0.717) is 25.1 Å². The Bertz CT molecular complexity index is 1420. The lowest BCUT2D eigenvalue weighted by molar-refractivity contribution is -0.147. The van der Waals surface area contributed by atoms with E-state index in [0.717, 1.165) is 6.42 Å². The maximum atomic E-state index is 14.2. The first-order chi connectivity index (χ1) is 24.8. The molecular weight excluding hydrogens is 701 g/mol. The van der Waals surface area contributed by atoms with Crippen LogP contribution in [-0.2, 0) is 38.6 Å². The van der Waals surface area contributed by atoms with E-state index >= 15 is 0 Å². The molecule has 304 valence electrons. The lowest BCUT2D eigenvalue weighted by Crippen LogP contribution is -2.62. The van der Waals surface area contributed by atoms with Gasteiger partial charge in [-0.2, -0.15) is 0 Å². The molecule has 53 heavy (non-hydrogen) atoms. The molecule has 1 heterocycles. The average molecular weight is 769 g/mol. The third-order valence-corrected chi connectivity index (χ3v) is 12.2. The summed E-state index contributed by atoms with van der Waals surface area (Å²) in [4.78, 5) is 46.8. The van der Waals surface area contributed by atoms with Crippen LogP contribution in [0.15, 0.2) is 29.2 Å². The first-order valence-corrected chi connectivity index (χ1v) is 20.2. The van der Waals surface area contributed by atoms with Crippen LogP contribution in [0, 0.1) is 23.7 Å². The number of nitrogens with one attached hydrogen (secondary N) is 2. The lowest BCUT2D eigenvalue weighted by Gasteiger charge is -2.45. The average Bonchev–Trinajstić information content (AvgIpc) is 3.57. The van der Waals surface area contributed by atoms with Gasteiger partial charge in [0.05, 0.1) is 47.6 Å². The molecule has 1 saturated heterocycles. The highest BCUT2D eigenvalue weighted by Crippen LogP contribution is 2.31. The van der Waals surface area contributed by atoms with Crippen LogP contribution in [0.4, 0.5) is 5.69 Å². The van der Waals surface area contributed by atoms with E-state index < -0.39 is 46.3 Å². The topological polar surface area (TPSA) is 173 Å². The number of nitrogen functional groups attached to an aromatic ring is 1. The fourth-order valence-corrected chi connectivity index (χ4v) is 8.87. The molecule has 0 saturated carbocycles. The molecule has 1 aromatic rings. The van der Waals surface area contributed by atoms with Gasteiger partial charge in [-0.15, -0.1) is 0 Å². The van der Waals surface area contributed by atoms with E-state index in [1.165, 1.54) is 31.4 Å². The van der Waals surface area contributed by atoms with Crippen molar-refractivity contribution in [3.8, 4) is 0 Å². The molecule has 4 N–H and O–H groups in total. The molecule has 0 aliphatic carbocycles. The Balaban J connectivity index is 2.33. The second-order valence-corrected chi connectivity index (χ2v) is 17.1. The number of benzene rings is 1. The van der Waals surface area contributed by atoms with Crippen LogP contribution in [0.5, 0.6) is 0 Å². The molecule has 1 unspecified atom stereocenters. The first-order valence-electron chi connectivity index (χ1n) is 18.8. The number of sulfonamides is 1. The number of nitrogens with two attached hydrogens (primary N) is 1. The molecule has 0 bridgehead atoms. The van der Waals surface area contributed by atoms with Gasteiger partial charge in [-0.25, -0.2) is 13.1 Å². The predicted octanol–water partition coefficient (Wildman–Crippen LogP) is 3.17. The number of amides is 3. The zero-order valence-electron chi connectivity index (χ0n) is 34.3. The summed E-state index contributed by atoms with van der Waals surface area (Å²) in [6.07, 6.45) is 0.321. The number of carbonyl (C=O) groups excluding carboxylic acids is 3. The Kier molecular flexibility index (Phi) is 18.1. The number of hydrogen-bond acceptors (Lipinski definition) is 11. The van der Waals surface area contributed by atoms with E-state index in [-0.39, 0.29) is 59.0 Å². The second-order valence-electron chi connectivity index (χ2n) is 15.4. The number of anilines is 1. The molecule has 15 heteroatoms. The summed E-state index contributed by atoms with van der Waals surface area (Å²) in [5.74, 6) is -1.65. The van der Waals surface area contributed by atoms with Gasteiger partial charge in [0.1, 0.15) is 6.23 Å². The predicted molar refractivity (Wildman–Crippen MR) is 207 cm³/mol. The standard InChI is InChI=1S/C38H68N6O8S/c1-14-25(6)34(43(10)38(52-13)32(23(2)3)40-37(47)33(24(4)5)42(8)9)30(50-11)22-31(45)44-21-15-16-29(44)35(51-12)26(7)36(46)41-53(48,49)28-19-17-27(39)18-20-28/h17-20,23-26,29-30,32-35,38H,14-16,21-22,39H2,1-13H3,(H,40,47)(H,41,46)/t25-,26+,29-,30+,32-,33-,34-,35+,38?/m0/s1. The number of hydrogen-bond donors (Lipinski definition) is 3. The molecule has 3 amide bonds. The smallest absolute Gasteiger partial charge is 0.264 e. The number of ether oxygens (including phenoxy) is 3. The van der Waals surface area contributed by atoms with Gasteiger partial charge < -0.3 is 30.2 Å². The normalized spacial score (nSPS) is 19.9. The largest absolute Gasteiger partial charge is 0.399 e. The van der Waals surface area contributed by atoms with Crippen LogP contribution >= 0.6 is 0 Å². The van der Waals surface area contributed by atoms with Crippen LogP contribution in [0.3, 0.4) is 0 Å². The summed E-state index contributed by atoms with van der Waals surface area (Å²) in [5, 5.41) is 3.28. The first kappa shape index (κ1) is 46.3. The van der Waals surface area contributed by atoms with Gasteiger partial charge in [-0.05, 0) is 76.0 Å². The summed E-state index contributed by atoms with van der Waals surface area (Å²) < 4.78 is 46.2. The molecule has 0 spiro atoms. The highest BCUT2D eigenvalue weighted by Gasteiger charge is 2.44. The van der Waals surface area contributed by atoms with Crippen molar-refractivity contribution in [2.75, 3.05) is 54.8 Å². The summed E-state index contributed by atoms with van der Waals surface area (Å²) in [7, 11) is 6.29. The minimum Gasteiger partial charge on any atom is -0.399 e. The van der Waals surface area contributed by atoms with Crippen molar-refractivity contribution in [3.63, 3.8) is 0 Å². The van der Waals surface area contributed by atoms with Crippen molar-refractivity contribution >= 4 is 33.4 Å². The molecule has 1 aliphatic heterocycles. The third-order valence-electron chi connectivity index (χ3n) is 10.8. The van der Waals surface area contributed by atoms with Gasteiger partial charge in [0.25, 0.3) is 10.0 Å². The van der Waals surface area contributed by atoms with Gasteiger partial charge in [0.2, 0.25) is 17.7 Å². The number of methoxy groups -OCH3 is 3. The van der Waals surface area contributed by atoms with Crippen molar-refractivity contribution in [1.82, 2.24) is 24.7 Å². The molecule has 1 aliphatic rings. The minimum atomic E-state index is -4.15. The summed E-state index contributed by atoms with van der Waals surface area (Å²) in [6, 6.07) is 4.15. The molecule has 9 atom stereocenters. The van der Waals surface area contributed by atoms with E-state index in [9.17, 15) is 22.8 Å². The SMILES string of the molecule is CC[C@H](C)[C@@H]([C@@H](CC(=O)N1CCC[C@H]1[C@H](OC)[C@@H](C)C(=O)NS(=O)(=O)c1ccc(N)cc1)OC)N(C)C(OC)[C@@H](NC(=O)[C@H](C(C)C)N(C)C)C(C)C. The van der Waals surface area contributed by atoms with Gasteiger partial charge in [-0.1, -0.05) is 54.9 Å². The number of likely N-dealkylation sites (tertiary alicyclic amines) is 1. The van der Waals surface area contributed by atoms with Gasteiger partial charge >= 0.3 is 0 Å². The van der Waals surface area contributed by atoms with Crippen molar-refractivity contribution in [1.29, 1.82) is 0 Å². The van der Waals surface area contributed by atoms with Gasteiger partial charge in [0.15, 0.2) is 0 Å². The maximum absolute atomic E-state index is 14.2. The zero-order valence-corrected chi connectivity index (χ0v) is 35.1. The monoisotopic (exact) mass is 768 g/mol. The Labute approximate surface area is 318 Å². The van der Waals surface area contributed by atoms with Gasteiger partial charge in [0, 0.05) is 39.6 Å². The highest BCUT2D eigenvalue weighted by atomic mass is 32.2. The number of likely N-dealkylation sites (N-methyl/N-ethyl adjacent to an activating group) is 2. The van der Waals surface area contributed by atoms with E-state index in [1.54, 1.807) is 26.0 Å². The molecule has 2 rings (SSSR count). The molecule has 14 nitrogen and oxygen atoms in total.